The van der Waals surface area contributed by atoms with Crippen LogP contribution in [0.15, 0.2) is 64.6 Å². The van der Waals surface area contributed by atoms with Gasteiger partial charge in [-0.1, -0.05) is 48.5 Å². The fourth-order valence-corrected chi connectivity index (χ4v) is 2.74. The Hall–Kier alpha value is -3.08. The van der Waals surface area contributed by atoms with Crippen LogP contribution >= 0.6 is 0 Å². The summed E-state index contributed by atoms with van der Waals surface area (Å²) < 4.78 is 0. The number of benzene rings is 3. The van der Waals surface area contributed by atoms with E-state index >= 15 is 0 Å². The number of aliphatic imine (C=N–C) groups is 2. The first-order valence-electron chi connectivity index (χ1n) is 7.89. The van der Waals surface area contributed by atoms with Crippen LogP contribution in [0.3, 0.4) is 0 Å². The summed E-state index contributed by atoms with van der Waals surface area (Å²) >= 11 is 0. The Bertz CT molecular complexity index is 941. The van der Waals surface area contributed by atoms with Crippen LogP contribution in [0.5, 0.6) is 0 Å². The van der Waals surface area contributed by atoms with Crippen molar-refractivity contribution in [3.05, 3.63) is 54.6 Å². The van der Waals surface area contributed by atoms with Gasteiger partial charge in [-0.15, -0.1) is 0 Å². The lowest BCUT2D eigenvalue weighted by Crippen LogP contribution is -2.26. The smallest absolute Gasteiger partial charge is 0.218 e. The van der Waals surface area contributed by atoms with Gasteiger partial charge >= 0.3 is 0 Å². The van der Waals surface area contributed by atoms with Gasteiger partial charge in [0.2, 0.25) is 11.9 Å². The number of anilines is 1. The molecule has 0 unspecified atom stereocenters. The van der Waals surface area contributed by atoms with Crippen LogP contribution in [0.1, 0.15) is 13.8 Å². The Morgan fingerprint density at radius 2 is 1.54 bits per heavy atom. The summed E-state index contributed by atoms with van der Waals surface area (Å²) in [5.74, 6) is 0.387. The highest BCUT2D eigenvalue weighted by molar-refractivity contribution is 6.15. The monoisotopic (exact) mass is 319 g/mol. The Labute approximate surface area is 141 Å². The number of nitrogens with zero attached hydrogens (tertiary/aromatic N) is 2. The summed E-state index contributed by atoms with van der Waals surface area (Å²) in [5, 5.41) is 7.73. The van der Waals surface area contributed by atoms with E-state index in [4.69, 9.17) is 11.5 Å². The highest BCUT2D eigenvalue weighted by Crippen LogP contribution is 2.31. The van der Waals surface area contributed by atoms with Gasteiger partial charge < -0.3 is 16.8 Å². The van der Waals surface area contributed by atoms with Gasteiger partial charge in [0.25, 0.3) is 0 Å². The lowest BCUT2D eigenvalue weighted by molar-refractivity contribution is 0.831. The molecule has 0 spiro atoms. The summed E-state index contributed by atoms with van der Waals surface area (Å²) in [5.41, 5.74) is 12.7. The van der Waals surface area contributed by atoms with Crippen molar-refractivity contribution < 1.29 is 0 Å². The average molecular weight is 319 g/mol. The average Bonchev–Trinajstić information content (AvgIpc) is 2.54. The summed E-state index contributed by atoms with van der Waals surface area (Å²) in [4.78, 5) is 8.27. The molecule has 0 fully saturated rings. The van der Waals surface area contributed by atoms with Crippen LogP contribution < -0.4 is 16.8 Å². The van der Waals surface area contributed by atoms with E-state index < -0.39 is 0 Å². The lowest BCUT2D eigenvalue weighted by atomic mass is 10.0. The van der Waals surface area contributed by atoms with E-state index in [0.717, 1.165) is 21.8 Å². The van der Waals surface area contributed by atoms with Crippen molar-refractivity contribution in [3.63, 3.8) is 0 Å². The molecule has 5 heteroatoms. The number of guanidine groups is 2. The maximum atomic E-state index is 6.00. The van der Waals surface area contributed by atoms with E-state index in [1.807, 2.05) is 38.1 Å². The normalized spacial score (nSPS) is 13.0. The van der Waals surface area contributed by atoms with E-state index in [9.17, 15) is 0 Å². The Morgan fingerprint density at radius 1 is 0.917 bits per heavy atom. The molecule has 0 saturated carbocycles. The van der Waals surface area contributed by atoms with Gasteiger partial charge in [-0.3, -0.25) is 0 Å². The SMILES string of the molecule is CC(C)N=C(N)/N=C(\N)Nc1cc2ccccc2c2ccccc12. The largest absolute Gasteiger partial charge is 0.369 e. The van der Waals surface area contributed by atoms with Crippen molar-refractivity contribution in [2.24, 2.45) is 21.5 Å². The molecular weight excluding hydrogens is 298 g/mol. The number of nitrogens with two attached hydrogens (primary N) is 2. The van der Waals surface area contributed by atoms with Gasteiger partial charge in [0, 0.05) is 17.1 Å². The third kappa shape index (κ3) is 3.30. The van der Waals surface area contributed by atoms with Crippen molar-refractivity contribution in [2.45, 2.75) is 19.9 Å². The van der Waals surface area contributed by atoms with Gasteiger partial charge in [-0.25, -0.2) is 4.99 Å². The lowest BCUT2D eigenvalue weighted by Gasteiger charge is -2.12. The third-order valence-corrected chi connectivity index (χ3v) is 3.66. The van der Waals surface area contributed by atoms with Crippen molar-refractivity contribution in [1.29, 1.82) is 0 Å². The summed E-state index contributed by atoms with van der Waals surface area (Å²) in [7, 11) is 0. The first-order valence-corrected chi connectivity index (χ1v) is 7.89. The van der Waals surface area contributed by atoms with Crippen LogP contribution in [0.2, 0.25) is 0 Å². The second-order valence-electron chi connectivity index (χ2n) is 5.89. The number of hydrogen-bond donors (Lipinski definition) is 3. The van der Waals surface area contributed by atoms with Gasteiger partial charge in [0.15, 0.2) is 0 Å². The predicted molar refractivity (Wildman–Crippen MR) is 103 cm³/mol. The molecule has 0 amide bonds. The molecule has 0 radical (unpaired) electrons. The van der Waals surface area contributed by atoms with Gasteiger partial charge in [0.05, 0.1) is 0 Å². The minimum atomic E-state index is 0.0723. The summed E-state index contributed by atoms with van der Waals surface area (Å²) in [6, 6.07) is 18.6. The van der Waals surface area contributed by atoms with Gasteiger partial charge in [-0.2, -0.15) is 4.99 Å². The van der Waals surface area contributed by atoms with E-state index in [1.54, 1.807) is 0 Å². The van der Waals surface area contributed by atoms with Crippen LogP contribution in [-0.4, -0.2) is 18.0 Å². The van der Waals surface area contributed by atoms with E-state index in [2.05, 4.69) is 45.6 Å². The fraction of sp³-hybridized carbons (Fsp3) is 0.158. The van der Waals surface area contributed by atoms with Crippen molar-refractivity contribution in [1.82, 2.24) is 0 Å². The second-order valence-corrected chi connectivity index (χ2v) is 5.89. The molecule has 122 valence electrons. The number of rotatable bonds is 2. The fourth-order valence-electron chi connectivity index (χ4n) is 2.74. The molecule has 3 rings (SSSR count). The first-order chi connectivity index (χ1) is 11.5. The number of hydrogen-bond acceptors (Lipinski definition) is 1. The van der Waals surface area contributed by atoms with E-state index in [-0.39, 0.29) is 18.0 Å². The minimum Gasteiger partial charge on any atom is -0.369 e. The molecule has 24 heavy (non-hydrogen) atoms. The van der Waals surface area contributed by atoms with Crippen LogP contribution in [0.25, 0.3) is 21.5 Å². The molecule has 5 N–H and O–H groups in total. The van der Waals surface area contributed by atoms with Gasteiger partial charge in [0.1, 0.15) is 0 Å². The molecule has 0 aromatic heterocycles. The molecule has 0 aliphatic rings. The minimum absolute atomic E-state index is 0.0723. The standard InChI is InChI=1S/C19H21N5/c1-12(2)22-18(20)24-19(21)23-17-11-13-7-3-4-8-14(13)15-9-5-6-10-16(15)17/h3-12H,1-2H3,(H5,20,21,22,23,24). The number of nitrogens with one attached hydrogen (secondary N) is 1. The predicted octanol–water partition coefficient (Wildman–Crippen LogP) is 3.44. The zero-order chi connectivity index (χ0) is 17.1. The zero-order valence-corrected chi connectivity index (χ0v) is 13.8. The topological polar surface area (TPSA) is 88.8 Å². The maximum Gasteiger partial charge on any atom is 0.218 e. The van der Waals surface area contributed by atoms with Crippen LogP contribution in [0.4, 0.5) is 5.69 Å². The molecule has 0 saturated heterocycles. The van der Waals surface area contributed by atoms with E-state index in [1.165, 1.54) is 5.39 Å². The molecule has 3 aromatic carbocycles. The van der Waals surface area contributed by atoms with Gasteiger partial charge in [-0.05, 0) is 36.1 Å². The first kappa shape index (κ1) is 15.8. The Kier molecular flexibility index (Phi) is 4.33. The Morgan fingerprint density at radius 3 is 2.25 bits per heavy atom. The third-order valence-electron chi connectivity index (χ3n) is 3.66. The van der Waals surface area contributed by atoms with Crippen LogP contribution in [-0.2, 0) is 0 Å². The molecule has 0 aliphatic carbocycles. The van der Waals surface area contributed by atoms with Crippen molar-refractivity contribution in [2.75, 3.05) is 5.32 Å². The molecule has 0 heterocycles. The quantitative estimate of drug-likeness (QED) is 0.384. The zero-order valence-electron chi connectivity index (χ0n) is 13.8. The molecule has 5 nitrogen and oxygen atoms in total. The van der Waals surface area contributed by atoms with Crippen LogP contribution in [0, 0.1) is 0 Å². The van der Waals surface area contributed by atoms with E-state index in [0.29, 0.717) is 0 Å². The van der Waals surface area contributed by atoms with Crippen molar-refractivity contribution in [3.8, 4) is 0 Å². The highest BCUT2D eigenvalue weighted by atomic mass is 15.2. The molecule has 0 atom stereocenters. The summed E-state index contributed by atoms with van der Waals surface area (Å²) in [6.07, 6.45) is 0. The van der Waals surface area contributed by atoms with Crippen molar-refractivity contribution >= 4 is 39.2 Å². The maximum absolute atomic E-state index is 6.00. The summed E-state index contributed by atoms with van der Waals surface area (Å²) in [6.45, 7) is 3.87. The number of fused-ring (bicyclic) bond motifs is 3. The highest BCUT2D eigenvalue weighted by Gasteiger charge is 2.07. The molecule has 0 aliphatic heterocycles. The molecule has 3 aromatic rings. The molecular formula is C19H21N5. The second kappa shape index (κ2) is 6.58. The Balaban J connectivity index is 2.07. The molecule has 0 bridgehead atoms.